The fraction of sp³-hybridized carbons (Fsp3) is 0.407. The normalized spacial score (nSPS) is 12.3. The van der Waals surface area contributed by atoms with Crippen molar-refractivity contribution >= 4 is 25.5 Å². The van der Waals surface area contributed by atoms with Gasteiger partial charge in [0.05, 0.1) is 12.9 Å². The molecule has 0 bridgehead atoms. The van der Waals surface area contributed by atoms with Gasteiger partial charge < -0.3 is 24.5 Å². The van der Waals surface area contributed by atoms with Crippen LogP contribution in [0, 0.1) is 5.92 Å². The van der Waals surface area contributed by atoms with Crippen LogP contribution < -0.4 is 10.6 Å². The Morgan fingerprint density at radius 3 is 2.63 bits per heavy atom. The molecule has 1 atom stereocenters. The van der Waals surface area contributed by atoms with E-state index in [1.807, 2.05) is 12.1 Å². The summed E-state index contributed by atoms with van der Waals surface area (Å²) < 4.78 is 21.0. The van der Waals surface area contributed by atoms with Crippen molar-refractivity contribution in [3.63, 3.8) is 0 Å². The zero-order chi connectivity index (χ0) is 25.0. The van der Waals surface area contributed by atoms with E-state index in [9.17, 15) is 4.57 Å². The molecule has 3 aromatic rings. The predicted molar refractivity (Wildman–Crippen MR) is 144 cm³/mol. The lowest BCUT2D eigenvalue weighted by atomic mass is 10.00. The van der Waals surface area contributed by atoms with E-state index in [1.54, 1.807) is 6.26 Å². The highest BCUT2D eigenvalue weighted by Gasteiger charge is 2.10. The Hall–Kier alpha value is -2.08. The van der Waals surface area contributed by atoms with Crippen LogP contribution >= 0.6 is 19.9 Å². The summed E-state index contributed by atoms with van der Waals surface area (Å²) >= 11 is 6.49. The van der Waals surface area contributed by atoms with Crippen molar-refractivity contribution in [2.45, 2.75) is 46.1 Å². The molecule has 6 nitrogen and oxygen atoms in total. The van der Waals surface area contributed by atoms with Crippen molar-refractivity contribution in [3.05, 3.63) is 76.5 Å². The summed E-state index contributed by atoms with van der Waals surface area (Å²) in [5.41, 5.74) is 5.67. The largest absolute Gasteiger partial charge is 0.464 e. The third kappa shape index (κ3) is 9.47. The smallest absolute Gasteiger partial charge is 0.316 e. The number of halogens is 1. The second-order valence-electron chi connectivity index (χ2n) is 9.06. The third-order valence-corrected chi connectivity index (χ3v) is 6.43. The molecule has 1 aromatic heterocycles. The van der Waals surface area contributed by atoms with E-state index in [4.69, 9.17) is 25.4 Å². The van der Waals surface area contributed by atoms with Crippen LogP contribution in [0.5, 0.6) is 0 Å². The second kappa shape index (κ2) is 14.5. The van der Waals surface area contributed by atoms with Crippen molar-refractivity contribution in [1.29, 1.82) is 0 Å². The molecule has 0 saturated carbocycles. The van der Waals surface area contributed by atoms with Gasteiger partial charge in [0.25, 0.3) is 0 Å². The Balaban J connectivity index is 1.53. The lowest BCUT2D eigenvalue weighted by molar-refractivity contribution is 0.276. The summed E-state index contributed by atoms with van der Waals surface area (Å²) in [6.07, 6.45) is 5.31. The van der Waals surface area contributed by atoms with E-state index in [0.717, 1.165) is 53.4 Å². The quantitative estimate of drug-likeness (QED) is 0.153. The lowest BCUT2D eigenvalue weighted by Gasteiger charge is -2.14. The summed E-state index contributed by atoms with van der Waals surface area (Å²) in [5, 5.41) is 7.77. The highest BCUT2D eigenvalue weighted by atomic mass is 35.5. The molecule has 2 aromatic carbocycles. The average Bonchev–Trinajstić information content (AvgIpc) is 3.35. The second-order valence-corrected chi connectivity index (χ2v) is 10.3. The summed E-state index contributed by atoms with van der Waals surface area (Å²) in [7, 11) is -2.84. The molecule has 3 N–H and O–H groups in total. The van der Waals surface area contributed by atoms with E-state index in [0.29, 0.717) is 25.4 Å². The van der Waals surface area contributed by atoms with Gasteiger partial charge in [0, 0.05) is 29.4 Å². The van der Waals surface area contributed by atoms with Crippen LogP contribution in [0.1, 0.15) is 43.4 Å². The van der Waals surface area contributed by atoms with E-state index in [2.05, 4.69) is 60.9 Å². The number of benzene rings is 2. The van der Waals surface area contributed by atoms with Crippen molar-refractivity contribution in [2.24, 2.45) is 5.92 Å². The van der Waals surface area contributed by atoms with Gasteiger partial charge in [0.1, 0.15) is 5.76 Å². The first-order valence-corrected chi connectivity index (χ1v) is 13.8. The molecule has 35 heavy (non-hydrogen) atoms. The minimum absolute atomic E-state index is 0.274. The molecular formula is C27H36ClN2O4P. The maximum Gasteiger partial charge on any atom is 0.316 e. The molecule has 0 spiro atoms. The first-order valence-electron chi connectivity index (χ1n) is 12.2. The molecule has 0 aliphatic heterocycles. The van der Waals surface area contributed by atoms with Crippen LogP contribution in [-0.2, 0) is 28.5 Å². The van der Waals surface area contributed by atoms with Gasteiger partial charge in [-0.1, -0.05) is 43.6 Å². The van der Waals surface area contributed by atoms with Crippen molar-refractivity contribution in [2.75, 3.05) is 25.0 Å². The highest BCUT2D eigenvalue weighted by molar-refractivity contribution is 7.32. The van der Waals surface area contributed by atoms with Crippen LogP contribution in [0.2, 0.25) is 5.02 Å². The molecule has 1 heterocycles. The maximum absolute atomic E-state index is 10.6. The Kier molecular flexibility index (Phi) is 11.4. The van der Waals surface area contributed by atoms with Crippen LogP contribution in [0.3, 0.4) is 0 Å². The minimum atomic E-state index is -2.84. The number of hydrogen-bond acceptors (Lipinski definition) is 5. The molecule has 0 amide bonds. The van der Waals surface area contributed by atoms with Crippen LogP contribution in [0.4, 0.5) is 5.69 Å². The van der Waals surface area contributed by atoms with E-state index in [1.165, 1.54) is 11.1 Å². The van der Waals surface area contributed by atoms with Crippen molar-refractivity contribution in [1.82, 2.24) is 5.32 Å². The Morgan fingerprint density at radius 1 is 1.09 bits per heavy atom. The number of anilines is 1. The molecule has 0 radical (unpaired) electrons. The zero-order valence-electron chi connectivity index (χ0n) is 20.5. The fourth-order valence-corrected chi connectivity index (χ4v) is 4.55. The van der Waals surface area contributed by atoms with Gasteiger partial charge in [-0.15, -0.1) is 0 Å². The lowest BCUT2D eigenvalue weighted by Crippen LogP contribution is -2.16. The minimum Gasteiger partial charge on any atom is -0.464 e. The topological polar surface area (TPSA) is 83.7 Å². The molecule has 8 heteroatoms. The number of hydrogen-bond donors (Lipinski definition) is 3. The van der Waals surface area contributed by atoms with Crippen LogP contribution in [0.15, 0.2) is 59.2 Å². The SMILES string of the molecule is CC(C)Cc1ccc(CCCNc2ccc(CNCCCO[PH](=O)O)cc2-c2ccco2)cc1Cl. The van der Waals surface area contributed by atoms with Crippen LogP contribution in [-0.4, -0.2) is 24.6 Å². The molecule has 0 aliphatic carbocycles. The van der Waals surface area contributed by atoms with E-state index < -0.39 is 8.25 Å². The number of aryl methyl sites for hydroxylation is 1. The predicted octanol–water partition coefficient (Wildman–Crippen LogP) is 6.72. The molecule has 0 aliphatic rings. The van der Waals surface area contributed by atoms with Gasteiger partial charge in [-0.3, -0.25) is 4.57 Å². The van der Waals surface area contributed by atoms with Gasteiger partial charge in [0.2, 0.25) is 0 Å². The van der Waals surface area contributed by atoms with Crippen molar-refractivity contribution < 1.29 is 18.4 Å². The number of furan rings is 1. The molecule has 190 valence electrons. The molecule has 3 rings (SSSR count). The van der Waals surface area contributed by atoms with Crippen LogP contribution in [0.25, 0.3) is 11.3 Å². The van der Waals surface area contributed by atoms with Gasteiger partial charge >= 0.3 is 8.25 Å². The molecular weight excluding hydrogens is 483 g/mol. The maximum atomic E-state index is 10.6. The van der Waals surface area contributed by atoms with Gasteiger partial charge in [-0.05, 0) is 85.2 Å². The molecule has 0 fully saturated rings. The third-order valence-electron chi connectivity index (χ3n) is 5.63. The van der Waals surface area contributed by atoms with E-state index in [-0.39, 0.29) is 6.61 Å². The Bertz CT molecular complexity index is 1070. The Labute approximate surface area is 214 Å². The molecule has 1 unspecified atom stereocenters. The fourth-order valence-electron chi connectivity index (χ4n) is 3.95. The number of rotatable bonds is 15. The van der Waals surface area contributed by atoms with E-state index >= 15 is 0 Å². The Morgan fingerprint density at radius 2 is 1.91 bits per heavy atom. The zero-order valence-corrected chi connectivity index (χ0v) is 22.2. The average molecular weight is 519 g/mol. The van der Waals surface area contributed by atoms with Gasteiger partial charge in [-0.2, -0.15) is 0 Å². The standard InChI is InChI=1S/C27H36ClN2O4P/c1-20(2)16-23-10-8-21(18-25(23)28)6-3-13-30-26-11-9-22(17-24(26)27-7-4-14-33-27)19-29-12-5-15-34-35(31)32/h4,7-11,14,17-18,20,29-30,35H,3,5-6,12-13,15-16,19H2,1-2H3,(H,31,32). The summed E-state index contributed by atoms with van der Waals surface area (Å²) in [6.45, 7) is 6.92. The van der Waals surface area contributed by atoms with Gasteiger partial charge in [-0.25, -0.2) is 0 Å². The summed E-state index contributed by atoms with van der Waals surface area (Å²) in [4.78, 5) is 8.70. The number of nitrogens with one attached hydrogen (secondary N) is 2. The van der Waals surface area contributed by atoms with Gasteiger partial charge in [0.15, 0.2) is 0 Å². The first-order chi connectivity index (χ1) is 16.9. The van der Waals surface area contributed by atoms with Crippen molar-refractivity contribution in [3.8, 4) is 11.3 Å². The highest BCUT2D eigenvalue weighted by Crippen LogP contribution is 2.30. The first kappa shape index (κ1) is 27.5. The summed E-state index contributed by atoms with van der Waals surface area (Å²) in [6, 6.07) is 16.6. The molecule has 0 saturated heterocycles. The monoisotopic (exact) mass is 518 g/mol. The summed E-state index contributed by atoms with van der Waals surface area (Å²) in [5.74, 6) is 1.41.